The van der Waals surface area contributed by atoms with Gasteiger partial charge >= 0.3 is 0 Å². The van der Waals surface area contributed by atoms with E-state index in [0.29, 0.717) is 17.5 Å². The fraction of sp³-hybridized carbons (Fsp3) is 0.312. The Kier molecular flexibility index (Phi) is 4.02. The molecule has 1 unspecified atom stereocenters. The molecule has 2 aromatic heterocycles. The van der Waals surface area contributed by atoms with Gasteiger partial charge in [0.25, 0.3) is 5.89 Å². The van der Waals surface area contributed by atoms with Crippen molar-refractivity contribution in [2.24, 2.45) is 0 Å². The molecule has 3 rings (SSSR count). The number of hydrogen-bond donors (Lipinski definition) is 0. The van der Waals surface area contributed by atoms with Crippen molar-refractivity contribution in [3.63, 3.8) is 0 Å². The quantitative estimate of drug-likeness (QED) is 0.720. The zero-order valence-electron chi connectivity index (χ0n) is 12.7. The van der Waals surface area contributed by atoms with Crippen molar-refractivity contribution in [2.75, 3.05) is 7.11 Å². The van der Waals surface area contributed by atoms with Crippen molar-refractivity contribution < 1.29 is 14.0 Å². The van der Waals surface area contributed by atoms with Crippen LogP contribution in [0.3, 0.4) is 0 Å². The van der Waals surface area contributed by atoms with E-state index in [1.807, 2.05) is 44.2 Å². The van der Waals surface area contributed by atoms with Gasteiger partial charge in [-0.2, -0.15) is 4.98 Å². The van der Waals surface area contributed by atoms with Gasteiger partial charge in [0.1, 0.15) is 17.4 Å². The molecule has 2 heterocycles. The zero-order valence-corrected chi connectivity index (χ0v) is 12.7. The molecule has 0 saturated carbocycles. The summed E-state index contributed by atoms with van der Waals surface area (Å²) in [6.07, 6.45) is -0.209. The highest BCUT2D eigenvalue weighted by Crippen LogP contribution is 2.24. The van der Waals surface area contributed by atoms with Crippen LogP contribution in [0.15, 0.2) is 34.9 Å². The Morgan fingerprint density at radius 1 is 1.18 bits per heavy atom. The zero-order chi connectivity index (χ0) is 15.5. The second-order valence-corrected chi connectivity index (χ2v) is 4.99. The van der Waals surface area contributed by atoms with Crippen molar-refractivity contribution in [2.45, 2.75) is 26.6 Å². The Hall–Kier alpha value is -2.47. The number of ether oxygens (including phenoxy) is 2. The lowest BCUT2D eigenvalue weighted by atomic mass is 10.2. The van der Waals surface area contributed by atoms with Gasteiger partial charge in [0.15, 0.2) is 12.4 Å². The monoisotopic (exact) mass is 299 g/mol. The van der Waals surface area contributed by atoms with E-state index >= 15 is 0 Å². The molecule has 6 heteroatoms. The predicted octanol–water partition coefficient (Wildman–Crippen LogP) is 3.21. The number of rotatable bonds is 5. The minimum Gasteiger partial charge on any atom is -0.481 e. The largest absolute Gasteiger partial charge is 0.481 e. The lowest BCUT2D eigenvalue weighted by Crippen LogP contribution is -2.00. The molecule has 0 N–H and O–H groups in total. The summed E-state index contributed by atoms with van der Waals surface area (Å²) in [4.78, 5) is 8.77. The third-order valence-corrected chi connectivity index (χ3v) is 3.37. The van der Waals surface area contributed by atoms with Crippen LogP contribution in [0.5, 0.6) is 5.75 Å². The molecule has 0 radical (unpaired) electrons. The maximum absolute atomic E-state index is 5.79. The van der Waals surface area contributed by atoms with Crippen molar-refractivity contribution in [1.82, 2.24) is 15.1 Å². The Balaban J connectivity index is 1.79. The van der Waals surface area contributed by atoms with Crippen LogP contribution in [0.4, 0.5) is 0 Å². The molecule has 0 aliphatic carbocycles. The molecule has 3 aromatic rings. The number of aromatic nitrogens is 3. The molecule has 1 aromatic carbocycles. The first-order chi connectivity index (χ1) is 10.7. The van der Waals surface area contributed by atoms with Gasteiger partial charge in [0.05, 0.1) is 0 Å². The summed E-state index contributed by atoms with van der Waals surface area (Å²) in [5.41, 5.74) is 1.77. The molecule has 114 valence electrons. The fourth-order valence-electron chi connectivity index (χ4n) is 2.07. The van der Waals surface area contributed by atoms with E-state index in [2.05, 4.69) is 15.1 Å². The molecule has 22 heavy (non-hydrogen) atoms. The first-order valence-corrected chi connectivity index (χ1v) is 7.02. The summed E-state index contributed by atoms with van der Waals surface area (Å²) < 4.78 is 16.1. The second kappa shape index (κ2) is 6.11. The van der Waals surface area contributed by atoms with Gasteiger partial charge in [-0.05, 0) is 26.0 Å². The highest BCUT2D eigenvalue weighted by Gasteiger charge is 2.13. The van der Waals surface area contributed by atoms with Gasteiger partial charge < -0.3 is 14.0 Å². The normalized spacial score (nSPS) is 12.5. The van der Waals surface area contributed by atoms with Gasteiger partial charge in [-0.1, -0.05) is 23.4 Å². The first-order valence-electron chi connectivity index (χ1n) is 7.02. The summed E-state index contributed by atoms with van der Waals surface area (Å²) in [5, 5.41) is 4.90. The van der Waals surface area contributed by atoms with Crippen molar-refractivity contribution >= 4 is 10.9 Å². The number of para-hydroxylation sites is 1. The summed E-state index contributed by atoms with van der Waals surface area (Å²) in [6, 6.07) is 9.81. The van der Waals surface area contributed by atoms with Crippen LogP contribution in [0.2, 0.25) is 0 Å². The summed E-state index contributed by atoms with van der Waals surface area (Å²) in [6.45, 7) is 4.00. The third kappa shape index (κ3) is 2.92. The molecule has 0 aliphatic heterocycles. The summed E-state index contributed by atoms with van der Waals surface area (Å²) >= 11 is 0. The Bertz CT molecular complexity index is 785. The second-order valence-electron chi connectivity index (χ2n) is 4.99. The van der Waals surface area contributed by atoms with Crippen molar-refractivity contribution in [3.05, 3.63) is 47.7 Å². The molecule has 6 nitrogen and oxygen atoms in total. The number of pyridine rings is 1. The average Bonchev–Trinajstić information content (AvgIpc) is 3.01. The Morgan fingerprint density at radius 2 is 2.05 bits per heavy atom. The van der Waals surface area contributed by atoms with E-state index in [9.17, 15) is 0 Å². The maximum Gasteiger partial charge on any atom is 0.264 e. The number of benzene rings is 1. The number of nitrogens with zero attached hydrogens (tertiary/aromatic N) is 3. The molecule has 0 aliphatic rings. The van der Waals surface area contributed by atoms with Crippen LogP contribution in [-0.4, -0.2) is 22.2 Å². The molecule has 0 fully saturated rings. The fourth-order valence-corrected chi connectivity index (χ4v) is 2.07. The van der Waals surface area contributed by atoms with Crippen LogP contribution in [-0.2, 0) is 11.3 Å². The van der Waals surface area contributed by atoms with Gasteiger partial charge in [0.2, 0.25) is 0 Å². The smallest absolute Gasteiger partial charge is 0.264 e. The molecule has 0 bridgehead atoms. The number of fused-ring (bicyclic) bond motifs is 1. The minimum atomic E-state index is -0.209. The maximum atomic E-state index is 5.79. The Morgan fingerprint density at radius 3 is 2.86 bits per heavy atom. The lowest BCUT2D eigenvalue weighted by Gasteiger charge is -2.07. The molecular formula is C16H17N3O3. The van der Waals surface area contributed by atoms with Gasteiger partial charge in [-0.25, -0.2) is 4.98 Å². The van der Waals surface area contributed by atoms with Crippen LogP contribution < -0.4 is 4.74 Å². The lowest BCUT2D eigenvalue weighted by molar-refractivity contribution is 0.109. The Labute approximate surface area is 128 Å². The molecule has 1 atom stereocenters. The SMILES string of the molecule is COC(C)c1noc(COc2cccc3ccc(C)nc23)n1. The molecular weight excluding hydrogens is 282 g/mol. The predicted molar refractivity (Wildman–Crippen MR) is 80.5 cm³/mol. The van der Waals surface area contributed by atoms with Crippen molar-refractivity contribution in [1.29, 1.82) is 0 Å². The van der Waals surface area contributed by atoms with Crippen molar-refractivity contribution in [3.8, 4) is 5.75 Å². The summed E-state index contributed by atoms with van der Waals surface area (Å²) in [7, 11) is 1.60. The highest BCUT2D eigenvalue weighted by molar-refractivity contribution is 5.84. The number of methoxy groups -OCH3 is 1. The number of hydrogen-bond acceptors (Lipinski definition) is 6. The van der Waals surface area contributed by atoms with Crippen LogP contribution in [0.25, 0.3) is 10.9 Å². The standard InChI is InChI=1S/C16H17N3O3/c1-10-7-8-12-5-4-6-13(15(12)17-10)21-9-14-18-16(19-22-14)11(2)20-3/h4-8,11H,9H2,1-3H3. The van der Waals surface area contributed by atoms with E-state index in [-0.39, 0.29) is 12.7 Å². The van der Waals surface area contributed by atoms with E-state index in [0.717, 1.165) is 16.6 Å². The van der Waals surface area contributed by atoms with E-state index < -0.39 is 0 Å². The number of aryl methyl sites for hydroxylation is 1. The van der Waals surface area contributed by atoms with Gasteiger partial charge in [-0.15, -0.1) is 0 Å². The summed E-state index contributed by atoms with van der Waals surface area (Å²) in [5.74, 6) is 1.61. The first kappa shape index (κ1) is 14.5. The average molecular weight is 299 g/mol. The topological polar surface area (TPSA) is 70.3 Å². The minimum absolute atomic E-state index is 0.193. The molecule has 0 amide bonds. The van der Waals surface area contributed by atoms with Gasteiger partial charge in [0, 0.05) is 18.2 Å². The highest BCUT2D eigenvalue weighted by atomic mass is 16.5. The van der Waals surface area contributed by atoms with Gasteiger partial charge in [-0.3, -0.25) is 0 Å². The molecule has 0 saturated heterocycles. The van der Waals surface area contributed by atoms with Crippen LogP contribution in [0.1, 0.15) is 30.4 Å². The van der Waals surface area contributed by atoms with E-state index in [1.54, 1.807) is 7.11 Å². The van der Waals surface area contributed by atoms with Crippen LogP contribution >= 0.6 is 0 Å². The van der Waals surface area contributed by atoms with Crippen LogP contribution in [0, 0.1) is 6.92 Å². The molecule has 0 spiro atoms. The van der Waals surface area contributed by atoms with E-state index in [1.165, 1.54) is 0 Å². The third-order valence-electron chi connectivity index (χ3n) is 3.37. The van der Waals surface area contributed by atoms with E-state index in [4.69, 9.17) is 14.0 Å².